The van der Waals surface area contributed by atoms with Crippen molar-refractivity contribution in [3.8, 4) is 0 Å². The van der Waals surface area contributed by atoms with Gasteiger partial charge in [-0.05, 0) is 5.56 Å². The highest BCUT2D eigenvalue weighted by molar-refractivity contribution is 5.14. The zero-order chi connectivity index (χ0) is 12.3. The van der Waals surface area contributed by atoms with E-state index in [1.54, 1.807) is 0 Å². The molecule has 1 aromatic rings. The first-order valence-electron chi connectivity index (χ1n) is 5.63. The monoisotopic (exact) mass is 244 g/mol. The average Bonchev–Trinajstić information content (AvgIpc) is 2.30. The third kappa shape index (κ3) is 3.20. The second-order valence-electron chi connectivity index (χ2n) is 4.22. The molecule has 2 rings (SSSR count). The molecule has 1 aromatic carbocycles. The smallest absolute Gasteiger partial charge is 0.314 e. The Balaban J connectivity index is 2.07. The van der Waals surface area contributed by atoms with E-state index in [4.69, 9.17) is 0 Å². The lowest BCUT2D eigenvalue weighted by Crippen LogP contribution is -2.57. The average molecular weight is 244 g/mol. The van der Waals surface area contributed by atoms with Crippen LogP contribution in [-0.2, 0) is 6.54 Å². The lowest BCUT2D eigenvalue weighted by Gasteiger charge is -2.37. The number of rotatable bonds is 2. The first-order chi connectivity index (χ1) is 8.07. The summed E-state index contributed by atoms with van der Waals surface area (Å²) in [5, 5.41) is 2.80. The van der Waals surface area contributed by atoms with Gasteiger partial charge in [-0.1, -0.05) is 30.3 Å². The van der Waals surface area contributed by atoms with E-state index in [2.05, 4.69) is 5.32 Å². The van der Waals surface area contributed by atoms with E-state index < -0.39 is 12.2 Å². The summed E-state index contributed by atoms with van der Waals surface area (Å²) < 4.78 is 38.4. The van der Waals surface area contributed by atoms with Crippen LogP contribution in [0.25, 0.3) is 0 Å². The molecule has 0 aliphatic carbocycles. The molecule has 1 saturated heterocycles. The quantitative estimate of drug-likeness (QED) is 0.856. The molecule has 1 aliphatic heterocycles. The molecule has 0 radical (unpaired) electrons. The molecule has 0 amide bonds. The van der Waals surface area contributed by atoms with Crippen molar-refractivity contribution in [1.82, 2.24) is 10.2 Å². The molecule has 1 unspecified atom stereocenters. The number of piperazine rings is 1. The Kier molecular flexibility index (Phi) is 3.69. The summed E-state index contributed by atoms with van der Waals surface area (Å²) in [6.45, 7) is 1.38. The molecule has 5 heteroatoms. The summed E-state index contributed by atoms with van der Waals surface area (Å²) in [4.78, 5) is 1.49. The largest absolute Gasteiger partial charge is 0.405 e. The topological polar surface area (TPSA) is 15.3 Å². The number of alkyl halides is 3. The first-order valence-corrected chi connectivity index (χ1v) is 5.63. The predicted octanol–water partition coefficient (Wildman–Crippen LogP) is 2.02. The van der Waals surface area contributed by atoms with Crippen molar-refractivity contribution in [2.45, 2.75) is 18.8 Å². The van der Waals surface area contributed by atoms with Gasteiger partial charge in [0, 0.05) is 26.2 Å². The van der Waals surface area contributed by atoms with E-state index in [-0.39, 0.29) is 6.54 Å². The van der Waals surface area contributed by atoms with Crippen molar-refractivity contribution in [2.24, 2.45) is 0 Å². The summed E-state index contributed by atoms with van der Waals surface area (Å²) in [7, 11) is 0. The molecule has 0 aromatic heterocycles. The van der Waals surface area contributed by atoms with E-state index in [1.165, 1.54) is 4.90 Å². The normalized spacial score (nSPS) is 22.6. The van der Waals surface area contributed by atoms with E-state index in [0.717, 1.165) is 5.56 Å². The number of nitrogens with zero attached hydrogens (tertiary/aromatic N) is 1. The summed E-state index contributed by atoms with van der Waals surface area (Å²) >= 11 is 0. The van der Waals surface area contributed by atoms with Crippen LogP contribution in [0.4, 0.5) is 13.2 Å². The van der Waals surface area contributed by atoms with Crippen LogP contribution in [0.5, 0.6) is 0 Å². The van der Waals surface area contributed by atoms with Gasteiger partial charge in [0.2, 0.25) is 0 Å². The Bertz CT molecular complexity index is 351. The number of nitrogens with one attached hydrogen (secondary N) is 1. The summed E-state index contributed by atoms with van der Waals surface area (Å²) in [6.07, 6.45) is -4.16. The summed E-state index contributed by atoms with van der Waals surface area (Å²) in [5.41, 5.74) is 0.920. The van der Waals surface area contributed by atoms with Crippen molar-refractivity contribution < 1.29 is 13.2 Å². The number of halogens is 3. The Morgan fingerprint density at radius 1 is 1.24 bits per heavy atom. The van der Waals surface area contributed by atoms with E-state index in [9.17, 15) is 13.2 Å². The van der Waals surface area contributed by atoms with E-state index in [0.29, 0.717) is 19.6 Å². The van der Waals surface area contributed by atoms with E-state index in [1.807, 2.05) is 30.3 Å². The van der Waals surface area contributed by atoms with Gasteiger partial charge in [0.05, 0.1) is 0 Å². The van der Waals surface area contributed by atoms with Crippen molar-refractivity contribution in [2.75, 3.05) is 19.6 Å². The Labute approximate surface area is 98.4 Å². The molecule has 0 bridgehead atoms. The molecule has 17 heavy (non-hydrogen) atoms. The SMILES string of the molecule is FC(F)(F)C1CNCCN1Cc1ccccc1. The maximum absolute atomic E-state index is 12.8. The molecule has 0 spiro atoms. The van der Waals surface area contributed by atoms with Crippen molar-refractivity contribution in [3.63, 3.8) is 0 Å². The maximum atomic E-state index is 12.8. The summed E-state index contributed by atoms with van der Waals surface area (Å²) in [6, 6.07) is 7.89. The third-order valence-electron chi connectivity index (χ3n) is 2.96. The molecular weight excluding hydrogens is 229 g/mol. The minimum Gasteiger partial charge on any atom is -0.314 e. The van der Waals surface area contributed by atoms with Crippen LogP contribution in [0.3, 0.4) is 0 Å². The van der Waals surface area contributed by atoms with Gasteiger partial charge in [-0.3, -0.25) is 4.90 Å². The van der Waals surface area contributed by atoms with Crippen LogP contribution in [-0.4, -0.2) is 36.8 Å². The van der Waals surface area contributed by atoms with Gasteiger partial charge in [0.1, 0.15) is 6.04 Å². The maximum Gasteiger partial charge on any atom is 0.405 e. The lowest BCUT2D eigenvalue weighted by atomic mass is 10.1. The second kappa shape index (κ2) is 5.06. The van der Waals surface area contributed by atoms with Gasteiger partial charge in [0.25, 0.3) is 0 Å². The predicted molar refractivity (Wildman–Crippen MR) is 59.6 cm³/mol. The van der Waals surface area contributed by atoms with Gasteiger partial charge >= 0.3 is 6.18 Å². The zero-order valence-corrected chi connectivity index (χ0v) is 9.37. The Hall–Kier alpha value is -1.07. The van der Waals surface area contributed by atoms with Gasteiger partial charge < -0.3 is 5.32 Å². The zero-order valence-electron chi connectivity index (χ0n) is 9.37. The molecule has 1 aliphatic rings. The third-order valence-corrected chi connectivity index (χ3v) is 2.96. The first kappa shape index (κ1) is 12.4. The van der Waals surface area contributed by atoms with Crippen molar-refractivity contribution in [1.29, 1.82) is 0 Å². The molecule has 1 N–H and O–H groups in total. The minimum absolute atomic E-state index is 0.0175. The van der Waals surface area contributed by atoms with Crippen molar-refractivity contribution >= 4 is 0 Å². The van der Waals surface area contributed by atoms with Crippen LogP contribution in [0.15, 0.2) is 30.3 Å². The van der Waals surface area contributed by atoms with Crippen LogP contribution in [0.2, 0.25) is 0 Å². The highest BCUT2D eigenvalue weighted by Gasteiger charge is 2.44. The Morgan fingerprint density at radius 2 is 1.94 bits per heavy atom. The van der Waals surface area contributed by atoms with Crippen LogP contribution >= 0.6 is 0 Å². The fraction of sp³-hybridized carbons (Fsp3) is 0.500. The van der Waals surface area contributed by atoms with Gasteiger partial charge in [-0.15, -0.1) is 0 Å². The van der Waals surface area contributed by atoms with Crippen LogP contribution in [0, 0.1) is 0 Å². The molecule has 0 saturated carbocycles. The standard InChI is InChI=1S/C12H15F3N2/c13-12(14,15)11-8-16-6-7-17(11)9-10-4-2-1-3-5-10/h1-5,11,16H,6-9H2. The fourth-order valence-corrected chi connectivity index (χ4v) is 2.08. The number of benzene rings is 1. The highest BCUT2D eigenvalue weighted by atomic mass is 19.4. The number of hydrogen-bond acceptors (Lipinski definition) is 2. The highest BCUT2D eigenvalue weighted by Crippen LogP contribution is 2.26. The van der Waals surface area contributed by atoms with E-state index >= 15 is 0 Å². The molecular formula is C12H15F3N2. The van der Waals surface area contributed by atoms with Crippen LogP contribution in [0.1, 0.15) is 5.56 Å². The number of hydrogen-bond donors (Lipinski definition) is 1. The minimum atomic E-state index is -4.16. The molecule has 1 atom stereocenters. The van der Waals surface area contributed by atoms with Crippen LogP contribution < -0.4 is 5.32 Å². The fourth-order valence-electron chi connectivity index (χ4n) is 2.08. The van der Waals surface area contributed by atoms with Crippen molar-refractivity contribution in [3.05, 3.63) is 35.9 Å². The van der Waals surface area contributed by atoms with Gasteiger partial charge in [-0.2, -0.15) is 13.2 Å². The van der Waals surface area contributed by atoms with Gasteiger partial charge in [-0.25, -0.2) is 0 Å². The molecule has 2 nitrogen and oxygen atoms in total. The summed E-state index contributed by atoms with van der Waals surface area (Å²) in [5.74, 6) is 0. The molecule has 94 valence electrons. The molecule has 1 heterocycles. The molecule has 1 fully saturated rings. The lowest BCUT2D eigenvalue weighted by molar-refractivity contribution is -0.188. The van der Waals surface area contributed by atoms with Gasteiger partial charge in [0.15, 0.2) is 0 Å². The Morgan fingerprint density at radius 3 is 2.59 bits per heavy atom. The second-order valence-corrected chi connectivity index (χ2v) is 4.22.